The van der Waals surface area contributed by atoms with Crippen molar-refractivity contribution < 1.29 is 0 Å². The Morgan fingerprint density at radius 2 is 1.13 bits per heavy atom. The highest BCUT2D eigenvalue weighted by Crippen LogP contribution is 2.43. The molecule has 0 amide bonds. The van der Waals surface area contributed by atoms with Crippen molar-refractivity contribution in [1.29, 1.82) is 5.26 Å². The molecule has 0 spiro atoms. The standard InChI is InChI=1S/C26H10N4/c1-28-20-11-10-19-22-15(20)5-3-7-17(22)24-26(19)29-23-16-6-2-4-14-13(12-27)8-9-18(21(14)16)25(23)30-24/h2-11H. The van der Waals surface area contributed by atoms with E-state index >= 15 is 0 Å². The first kappa shape index (κ1) is 15.4. The number of hydrogen-bond acceptors (Lipinski definition) is 3. The van der Waals surface area contributed by atoms with Crippen molar-refractivity contribution >= 4 is 70.8 Å². The number of fused-ring (bicyclic) bond motifs is 6. The second-order valence-corrected chi connectivity index (χ2v) is 7.59. The molecule has 4 nitrogen and oxygen atoms in total. The van der Waals surface area contributed by atoms with Crippen molar-refractivity contribution in [1.82, 2.24) is 9.97 Å². The Hall–Kier alpha value is -4.54. The molecule has 0 atom stereocenters. The Bertz CT molecular complexity index is 1730. The maximum absolute atomic E-state index is 9.53. The predicted molar refractivity (Wildman–Crippen MR) is 120 cm³/mol. The van der Waals surface area contributed by atoms with Crippen LogP contribution in [0.1, 0.15) is 5.56 Å². The first-order valence-corrected chi connectivity index (χ1v) is 9.62. The molecule has 0 fully saturated rings. The van der Waals surface area contributed by atoms with Gasteiger partial charge in [-0.1, -0.05) is 54.6 Å². The number of rotatable bonds is 0. The van der Waals surface area contributed by atoms with Crippen LogP contribution < -0.4 is 0 Å². The summed E-state index contributed by atoms with van der Waals surface area (Å²) < 4.78 is 0. The summed E-state index contributed by atoms with van der Waals surface area (Å²) >= 11 is 0. The van der Waals surface area contributed by atoms with Crippen molar-refractivity contribution in [3.8, 4) is 6.07 Å². The Morgan fingerprint density at radius 1 is 0.633 bits per heavy atom. The average Bonchev–Trinajstić information content (AvgIpc) is 3.29. The van der Waals surface area contributed by atoms with E-state index in [0.717, 1.165) is 65.2 Å². The fourth-order valence-electron chi connectivity index (χ4n) is 4.97. The van der Waals surface area contributed by atoms with Gasteiger partial charge in [0.1, 0.15) is 0 Å². The molecular weight excluding hydrogens is 368 g/mol. The molecule has 134 valence electrons. The molecule has 30 heavy (non-hydrogen) atoms. The van der Waals surface area contributed by atoms with Gasteiger partial charge in [-0.25, -0.2) is 14.8 Å². The van der Waals surface area contributed by atoms with Crippen LogP contribution in [0.3, 0.4) is 0 Å². The van der Waals surface area contributed by atoms with Crippen molar-refractivity contribution in [2.75, 3.05) is 0 Å². The molecule has 0 unspecified atom stereocenters. The van der Waals surface area contributed by atoms with Gasteiger partial charge in [-0.2, -0.15) is 5.26 Å². The largest absolute Gasteiger partial charge is 0.243 e. The summed E-state index contributed by atoms with van der Waals surface area (Å²) in [4.78, 5) is 13.9. The predicted octanol–water partition coefficient (Wildman–Crippen LogP) is 6.69. The Morgan fingerprint density at radius 3 is 1.73 bits per heavy atom. The van der Waals surface area contributed by atoms with Crippen LogP contribution in [0.2, 0.25) is 0 Å². The van der Waals surface area contributed by atoms with Gasteiger partial charge < -0.3 is 0 Å². The zero-order valence-corrected chi connectivity index (χ0v) is 15.6. The molecule has 1 heterocycles. The van der Waals surface area contributed by atoms with E-state index < -0.39 is 0 Å². The molecule has 0 aliphatic carbocycles. The molecule has 0 saturated carbocycles. The summed E-state index contributed by atoms with van der Waals surface area (Å²) in [5.74, 6) is 0. The highest BCUT2D eigenvalue weighted by Gasteiger charge is 2.20. The lowest BCUT2D eigenvalue weighted by molar-refractivity contribution is 1.46. The number of nitriles is 1. The lowest BCUT2D eigenvalue weighted by Crippen LogP contribution is -1.81. The molecule has 4 heteroatoms. The topological polar surface area (TPSA) is 53.9 Å². The van der Waals surface area contributed by atoms with Crippen molar-refractivity contribution in [3.63, 3.8) is 0 Å². The second-order valence-electron chi connectivity index (χ2n) is 7.59. The summed E-state index contributed by atoms with van der Waals surface area (Å²) in [5, 5.41) is 17.6. The van der Waals surface area contributed by atoms with E-state index in [0.29, 0.717) is 11.3 Å². The molecule has 6 aromatic carbocycles. The van der Waals surface area contributed by atoms with Gasteiger partial charge in [-0.3, -0.25) is 0 Å². The first-order chi connectivity index (χ1) is 14.8. The smallest absolute Gasteiger partial charge is 0.194 e. The molecule has 7 aromatic rings. The van der Waals surface area contributed by atoms with Crippen LogP contribution in [-0.4, -0.2) is 9.97 Å². The van der Waals surface area contributed by atoms with Crippen LogP contribution in [0.15, 0.2) is 60.7 Å². The van der Waals surface area contributed by atoms with E-state index in [1.807, 2.05) is 48.5 Å². The number of aromatic nitrogens is 2. The second kappa shape index (κ2) is 5.08. The quantitative estimate of drug-likeness (QED) is 0.276. The van der Waals surface area contributed by atoms with E-state index in [1.54, 1.807) is 0 Å². The maximum atomic E-state index is 9.53. The molecule has 0 bridgehead atoms. The summed E-state index contributed by atoms with van der Waals surface area (Å²) in [5.41, 5.74) is 4.76. The van der Waals surface area contributed by atoms with Crippen LogP contribution in [0, 0.1) is 17.9 Å². The molecule has 0 radical (unpaired) electrons. The van der Waals surface area contributed by atoms with Gasteiger partial charge in [0, 0.05) is 32.3 Å². The summed E-state index contributed by atoms with van der Waals surface area (Å²) in [6.07, 6.45) is 0. The van der Waals surface area contributed by atoms with E-state index in [-0.39, 0.29) is 0 Å². The Kier molecular flexibility index (Phi) is 2.61. The molecule has 7 rings (SSSR count). The van der Waals surface area contributed by atoms with Crippen molar-refractivity contribution in [3.05, 3.63) is 77.6 Å². The molecule has 0 aliphatic rings. The van der Waals surface area contributed by atoms with Crippen LogP contribution in [-0.2, 0) is 0 Å². The van der Waals surface area contributed by atoms with Crippen molar-refractivity contribution in [2.24, 2.45) is 0 Å². The van der Waals surface area contributed by atoms with Gasteiger partial charge >= 0.3 is 0 Å². The van der Waals surface area contributed by atoms with Crippen molar-refractivity contribution in [2.45, 2.75) is 0 Å². The van der Waals surface area contributed by atoms with E-state index in [2.05, 4.69) is 23.0 Å². The van der Waals surface area contributed by atoms with Gasteiger partial charge in [0.25, 0.3) is 0 Å². The third-order valence-corrected chi connectivity index (χ3v) is 6.22. The maximum Gasteiger partial charge on any atom is 0.194 e. The van der Waals surface area contributed by atoms with Gasteiger partial charge in [0.15, 0.2) is 5.69 Å². The van der Waals surface area contributed by atoms with Gasteiger partial charge in [-0.15, -0.1) is 0 Å². The normalized spacial score (nSPS) is 11.9. The van der Waals surface area contributed by atoms with E-state index in [1.165, 1.54) is 0 Å². The van der Waals surface area contributed by atoms with E-state index in [4.69, 9.17) is 16.5 Å². The first-order valence-electron chi connectivity index (χ1n) is 9.62. The Balaban J connectivity index is 1.78. The fourth-order valence-corrected chi connectivity index (χ4v) is 4.97. The monoisotopic (exact) mass is 378 g/mol. The number of nitrogens with zero attached hydrogens (tertiary/aromatic N) is 4. The SMILES string of the molecule is [C-]#[N+]c1ccc2c3nc4c5cccc6c(C#N)ccc(c4nc3c3cccc1c32)c65. The lowest BCUT2D eigenvalue weighted by Gasteiger charge is -2.00. The minimum Gasteiger partial charge on any atom is -0.243 e. The minimum atomic E-state index is 0.648. The number of hydrogen-bond donors (Lipinski definition) is 0. The lowest BCUT2D eigenvalue weighted by atomic mass is 10.0. The zero-order valence-electron chi connectivity index (χ0n) is 15.6. The van der Waals surface area contributed by atoms with Crippen LogP contribution >= 0.6 is 0 Å². The fraction of sp³-hybridized carbons (Fsp3) is 0. The van der Waals surface area contributed by atoms with Gasteiger partial charge in [-0.05, 0) is 16.8 Å². The third-order valence-electron chi connectivity index (χ3n) is 6.22. The molecule has 0 N–H and O–H groups in total. The molecule has 0 aliphatic heterocycles. The Labute approximate surface area is 170 Å². The molecule has 0 saturated heterocycles. The van der Waals surface area contributed by atoms with Gasteiger partial charge in [0.05, 0.1) is 40.3 Å². The highest BCUT2D eigenvalue weighted by molar-refractivity contribution is 6.34. The summed E-state index contributed by atoms with van der Waals surface area (Å²) in [6, 6.07) is 22.1. The zero-order chi connectivity index (χ0) is 20.0. The third kappa shape index (κ3) is 1.62. The summed E-state index contributed by atoms with van der Waals surface area (Å²) in [7, 11) is 0. The number of benzene rings is 4. The summed E-state index contributed by atoms with van der Waals surface area (Å²) in [6.45, 7) is 7.50. The van der Waals surface area contributed by atoms with E-state index in [9.17, 15) is 5.26 Å². The van der Waals surface area contributed by atoms with Crippen LogP contribution in [0.4, 0.5) is 5.69 Å². The minimum absolute atomic E-state index is 0.648. The van der Waals surface area contributed by atoms with Gasteiger partial charge in [0.2, 0.25) is 0 Å². The highest BCUT2D eigenvalue weighted by atomic mass is 14.8. The van der Waals surface area contributed by atoms with Crippen LogP contribution in [0.5, 0.6) is 0 Å². The molecule has 1 aromatic heterocycles. The molecular formula is C26H10N4. The average molecular weight is 378 g/mol. The van der Waals surface area contributed by atoms with Crippen LogP contribution in [0.25, 0.3) is 70.0 Å².